The van der Waals surface area contributed by atoms with Gasteiger partial charge in [0.25, 0.3) is 0 Å². The Hall–Kier alpha value is -1.96. The van der Waals surface area contributed by atoms with Crippen molar-refractivity contribution in [3.05, 3.63) is 17.9 Å². The molecule has 0 aromatic carbocycles. The van der Waals surface area contributed by atoms with Gasteiger partial charge >= 0.3 is 5.97 Å². The fourth-order valence-electron chi connectivity index (χ4n) is 1.22. The molecule has 0 fully saturated rings. The smallest absolute Gasteiger partial charge is 0.313 e. The summed E-state index contributed by atoms with van der Waals surface area (Å²) in [4.78, 5) is 10.4. The topological polar surface area (TPSA) is 107 Å². The average molecular weight is 254 g/mol. The number of rotatable bonds is 4. The molecule has 7 nitrogen and oxygen atoms in total. The number of furan rings is 1. The summed E-state index contributed by atoms with van der Waals surface area (Å²) in [5, 5.41) is 16.5. The minimum absolute atomic E-state index is 0.119. The van der Waals surface area contributed by atoms with Crippen LogP contribution in [0.4, 0.5) is 0 Å². The number of carboxylic acids is 1. The highest BCUT2D eigenvalue weighted by Gasteiger charge is 2.15. The molecular formula is C9H10N4O3S. The molecule has 0 spiro atoms. The number of aliphatic carboxylic acids is 1. The summed E-state index contributed by atoms with van der Waals surface area (Å²) in [5.41, 5.74) is 0. The molecule has 0 saturated carbocycles. The molecule has 2 aromatic heterocycles. The van der Waals surface area contributed by atoms with Crippen LogP contribution in [0.15, 0.2) is 21.7 Å². The second-order valence-corrected chi connectivity index (χ2v) is 4.21. The first-order valence-corrected chi connectivity index (χ1v) is 5.68. The van der Waals surface area contributed by atoms with Crippen molar-refractivity contribution >= 4 is 17.7 Å². The monoisotopic (exact) mass is 254 g/mol. The summed E-state index contributed by atoms with van der Waals surface area (Å²) in [6.07, 6.45) is 0. The van der Waals surface area contributed by atoms with Crippen LogP contribution in [0, 0.1) is 6.92 Å². The van der Waals surface area contributed by atoms with Crippen molar-refractivity contribution < 1.29 is 14.3 Å². The maximum atomic E-state index is 10.4. The van der Waals surface area contributed by atoms with E-state index in [1.165, 1.54) is 4.68 Å². The predicted octanol–water partition coefficient (Wildman–Crippen LogP) is 0.737. The molecule has 0 radical (unpaired) electrons. The van der Waals surface area contributed by atoms with E-state index in [4.69, 9.17) is 15.4 Å². The lowest BCUT2D eigenvalue weighted by Gasteiger charge is -1.99. The highest BCUT2D eigenvalue weighted by Crippen LogP contribution is 2.22. The lowest BCUT2D eigenvalue weighted by atomic mass is 10.4. The van der Waals surface area contributed by atoms with E-state index in [0.29, 0.717) is 16.7 Å². The number of aromatic nitrogens is 3. The molecule has 90 valence electrons. The van der Waals surface area contributed by atoms with Crippen LogP contribution in [-0.2, 0) is 4.79 Å². The predicted molar refractivity (Wildman–Crippen MR) is 61.0 cm³/mol. The molecule has 0 atom stereocenters. The lowest BCUT2D eigenvalue weighted by molar-refractivity contribution is -0.133. The van der Waals surface area contributed by atoms with Crippen molar-refractivity contribution in [1.29, 1.82) is 0 Å². The number of nitrogens with zero attached hydrogens (tertiary/aromatic N) is 3. The first kappa shape index (κ1) is 11.5. The van der Waals surface area contributed by atoms with E-state index in [9.17, 15) is 4.79 Å². The Morgan fingerprint density at radius 3 is 2.94 bits per heavy atom. The third-order valence-corrected chi connectivity index (χ3v) is 2.88. The van der Waals surface area contributed by atoms with Gasteiger partial charge in [-0.1, -0.05) is 11.8 Å². The highest BCUT2D eigenvalue weighted by atomic mass is 32.2. The number of nitrogen functional groups attached to an aromatic ring is 1. The standard InChI is InChI=1S/C9H10N4O3S/c1-5-2-3-6(16-5)8-11-12-9(13(8)10)17-4-7(14)15/h2-3H,4,10H2,1H3,(H,14,15). The molecule has 0 aliphatic rings. The van der Waals surface area contributed by atoms with Crippen molar-refractivity contribution in [2.75, 3.05) is 11.6 Å². The van der Waals surface area contributed by atoms with Gasteiger partial charge in [-0.05, 0) is 19.1 Å². The first-order valence-electron chi connectivity index (χ1n) is 4.70. The van der Waals surface area contributed by atoms with Crippen molar-refractivity contribution in [2.24, 2.45) is 0 Å². The van der Waals surface area contributed by atoms with Crippen molar-refractivity contribution in [3.8, 4) is 11.6 Å². The number of hydrogen-bond donors (Lipinski definition) is 2. The van der Waals surface area contributed by atoms with Gasteiger partial charge in [0.1, 0.15) is 5.76 Å². The number of hydrogen-bond acceptors (Lipinski definition) is 6. The first-order chi connectivity index (χ1) is 8.08. The summed E-state index contributed by atoms with van der Waals surface area (Å²) in [6.45, 7) is 1.81. The number of carboxylic acid groups (broad SMARTS) is 1. The normalized spacial score (nSPS) is 10.6. The molecule has 0 aliphatic carbocycles. The average Bonchev–Trinajstić information content (AvgIpc) is 2.82. The van der Waals surface area contributed by atoms with Crippen molar-refractivity contribution in [1.82, 2.24) is 14.9 Å². The van der Waals surface area contributed by atoms with E-state index in [0.717, 1.165) is 17.5 Å². The zero-order valence-corrected chi connectivity index (χ0v) is 9.77. The Morgan fingerprint density at radius 1 is 1.59 bits per heavy atom. The van der Waals surface area contributed by atoms with Crippen LogP contribution in [0.25, 0.3) is 11.6 Å². The number of aryl methyl sites for hydroxylation is 1. The van der Waals surface area contributed by atoms with Gasteiger partial charge in [-0.2, -0.15) is 0 Å². The molecule has 2 aromatic rings. The SMILES string of the molecule is Cc1ccc(-c2nnc(SCC(=O)O)n2N)o1. The minimum atomic E-state index is -0.937. The quantitative estimate of drug-likeness (QED) is 0.612. The highest BCUT2D eigenvalue weighted by molar-refractivity contribution is 7.99. The summed E-state index contributed by atoms with van der Waals surface area (Å²) in [5.74, 6) is 6.30. The van der Waals surface area contributed by atoms with E-state index < -0.39 is 5.97 Å². The van der Waals surface area contributed by atoms with Crippen LogP contribution in [0.5, 0.6) is 0 Å². The van der Waals surface area contributed by atoms with Gasteiger partial charge in [-0.25, -0.2) is 4.68 Å². The van der Waals surface area contributed by atoms with Crippen LogP contribution in [-0.4, -0.2) is 31.7 Å². The Labute approximate surface area is 101 Å². The molecule has 8 heteroatoms. The van der Waals surface area contributed by atoms with Gasteiger partial charge < -0.3 is 15.4 Å². The Balaban J connectivity index is 2.23. The minimum Gasteiger partial charge on any atom is -0.481 e. The maximum Gasteiger partial charge on any atom is 0.313 e. The molecule has 0 amide bonds. The van der Waals surface area contributed by atoms with Crippen LogP contribution < -0.4 is 5.84 Å². The van der Waals surface area contributed by atoms with E-state index in [1.807, 2.05) is 0 Å². The fourth-order valence-corrected chi connectivity index (χ4v) is 1.80. The van der Waals surface area contributed by atoms with Gasteiger partial charge in [0.05, 0.1) is 5.75 Å². The zero-order valence-electron chi connectivity index (χ0n) is 8.95. The van der Waals surface area contributed by atoms with Gasteiger partial charge in [0, 0.05) is 0 Å². The van der Waals surface area contributed by atoms with Gasteiger partial charge in [0.2, 0.25) is 11.0 Å². The van der Waals surface area contributed by atoms with Crippen molar-refractivity contribution in [3.63, 3.8) is 0 Å². The Kier molecular flexibility index (Phi) is 3.05. The van der Waals surface area contributed by atoms with Crippen LogP contribution in [0.1, 0.15) is 5.76 Å². The second-order valence-electron chi connectivity index (χ2n) is 3.27. The lowest BCUT2D eigenvalue weighted by Crippen LogP contribution is -2.12. The molecule has 2 rings (SSSR count). The van der Waals surface area contributed by atoms with E-state index in [1.54, 1.807) is 19.1 Å². The van der Waals surface area contributed by atoms with Crippen LogP contribution >= 0.6 is 11.8 Å². The van der Waals surface area contributed by atoms with Crippen LogP contribution in [0.2, 0.25) is 0 Å². The molecular weight excluding hydrogens is 244 g/mol. The second kappa shape index (κ2) is 4.50. The number of carbonyl (C=O) groups is 1. The van der Waals surface area contributed by atoms with E-state index in [-0.39, 0.29) is 5.75 Å². The number of thioether (sulfide) groups is 1. The summed E-state index contributed by atoms with van der Waals surface area (Å²) in [6, 6.07) is 3.52. The summed E-state index contributed by atoms with van der Waals surface area (Å²) in [7, 11) is 0. The van der Waals surface area contributed by atoms with Gasteiger partial charge in [-0.3, -0.25) is 4.79 Å². The third kappa shape index (κ3) is 2.41. The molecule has 3 N–H and O–H groups in total. The van der Waals surface area contributed by atoms with E-state index >= 15 is 0 Å². The molecule has 0 saturated heterocycles. The Morgan fingerprint density at radius 2 is 2.35 bits per heavy atom. The third-order valence-electron chi connectivity index (χ3n) is 1.95. The Bertz CT molecular complexity index is 548. The molecule has 0 unspecified atom stereocenters. The fraction of sp³-hybridized carbons (Fsp3) is 0.222. The van der Waals surface area contributed by atoms with Gasteiger partial charge in [-0.15, -0.1) is 10.2 Å². The maximum absolute atomic E-state index is 10.4. The molecule has 0 aliphatic heterocycles. The van der Waals surface area contributed by atoms with Crippen molar-refractivity contribution in [2.45, 2.75) is 12.1 Å². The molecule has 0 bridgehead atoms. The zero-order chi connectivity index (χ0) is 12.4. The molecule has 2 heterocycles. The summed E-state index contributed by atoms with van der Waals surface area (Å²) < 4.78 is 6.57. The number of nitrogens with two attached hydrogens (primary N) is 1. The van der Waals surface area contributed by atoms with Crippen LogP contribution in [0.3, 0.4) is 0 Å². The summed E-state index contributed by atoms with van der Waals surface area (Å²) >= 11 is 1.00. The largest absolute Gasteiger partial charge is 0.481 e. The van der Waals surface area contributed by atoms with E-state index in [2.05, 4.69) is 10.2 Å². The molecule has 17 heavy (non-hydrogen) atoms. The van der Waals surface area contributed by atoms with Gasteiger partial charge in [0.15, 0.2) is 5.76 Å².